The number of likely N-dealkylation sites (N-methyl/N-ethyl adjacent to an activating group) is 1. The van der Waals surface area contributed by atoms with Crippen molar-refractivity contribution in [2.24, 2.45) is 0 Å². The lowest BCUT2D eigenvalue weighted by Crippen LogP contribution is -2.52. The van der Waals surface area contributed by atoms with E-state index in [4.69, 9.17) is 4.42 Å². The third kappa shape index (κ3) is 3.17. The summed E-state index contributed by atoms with van der Waals surface area (Å²) in [6.45, 7) is 6.81. The van der Waals surface area contributed by atoms with E-state index in [-0.39, 0.29) is 11.9 Å². The number of carbonyl (C=O) groups is 1. The second-order valence-corrected chi connectivity index (χ2v) is 7.34. The molecule has 2 atom stereocenters. The van der Waals surface area contributed by atoms with Gasteiger partial charge in [0.1, 0.15) is 5.58 Å². The zero-order valence-corrected chi connectivity index (χ0v) is 14.8. The molecule has 0 unspecified atom stereocenters. The third-order valence-electron chi connectivity index (χ3n) is 5.44. The van der Waals surface area contributed by atoms with Gasteiger partial charge in [0.05, 0.1) is 12.1 Å². The van der Waals surface area contributed by atoms with E-state index in [9.17, 15) is 9.90 Å². The third-order valence-corrected chi connectivity index (χ3v) is 5.44. The fourth-order valence-corrected chi connectivity index (χ4v) is 3.87. The number of piperazine rings is 1. The average molecular weight is 343 g/mol. The van der Waals surface area contributed by atoms with E-state index >= 15 is 0 Å². The van der Waals surface area contributed by atoms with Gasteiger partial charge in [-0.25, -0.2) is 0 Å². The van der Waals surface area contributed by atoms with Crippen LogP contribution < -0.4 is 0 Å². The lowest BCUT2D eigenvalue weighted by Gasteiger charge is -2.37. The molecule has 134 valence electrons. The van der Waals surface area contributed by atoms with Crippen LogP contribution in [0.5, 0.6) is 0 Å². The van der Waals surface area contributed by atoms with Gasteiger partial charge in [-0.15, -0.1) is 0 Å². The molecular weight excluding hydrogens is 318 g/mol. The summed E-state index contributed by atoms with van der Waals surface area (Å²) in [5.41, 5.74) is 1.86. The van der Waals surface area contributed by atoms with Gasteiger partial charge in [-0.1, -0.05) is 11.6 Å². The van der Waals surface area contributed by atoms with Crippen LogP contribution in [0.4, 0.5) is 0 Å². The summed E-state index contributed by atoms with van der Waals surface area (Å²) in [5.74, 6) is 0.219. The van der Waals surface area contributed by atoms with Crippen LogP contribution in [0, 0.1) is 6.92 Å². The highest BCUT2D eigenvalue weighted by molar-refractivity contribution is 5.96. The molecule has 1 N–H and O–H groups in total. The molecule has 25 heavy (non-hydrogen) atoms. The maximum atomic E-state index is 12.8. The fraction of sp³-hybridized carbons (Fsp3) is 0.526. The molecule has 1 amide bonds. The second-order valence-electron chi connectivity index (χ2n) is 7.34. The number of rotatable bonds is 2. The van der Waals surface area contributed by atoms with Gasteiger partial charge in [0.15, 0.2) is 5.76 Å². The van der Waals surface area contributed by atoms with Crippen molar-refractivity contribution in [2.45, 2.75) is 19.1 Å². The average Bonchev–Trinajstić information content (AvgIpc) is 3.18. The maximum Gasteiger partial charge on any atom is 0.289 e. The molecule has 2 fully saturated rings. The Hall–Kier alpha value is -1.89. The number of nitrogens with zero attached hydrogens (tertiary/aromatic N) is 3. The summed E-state index contributed by atoms with van der Waals surface area (Å²) < 4.78 is 5.73. The van der Waals surface area contributed by atoms with Gasteiger partial charge in [0.2, 0.25) is 0 Å². The number of aryl methyl sites for hydroxylation is 1. The Bertz CT molecular complexity index is 779. The zero-order valence-electron chi connectivity index (χ0n) is 14.8. The first kappa shape index (κ1) is 16.6. The van der Waals surface area contributed by atoms with E-state index in [1.165, 1.54) is 0 Å². The molecule has 2 aliphatic heterocycles. The van der Waals surface area contributed by atoms with Crippen LogP contribution in [-0.4, -0.2) is 84.2 Å². The van der Waals surface area contributed by atoms with E-state index in [1.54, 1.807) is 11.0 Å². The normalized spacial score (nSPS) is 25.8. The van der Waals surface area contributed by atoms with Crippen LogP contribution in [-0.2, 0) is 0 Å². The van der Waals surface area contributed by atoms with Gasteiger partial charge in [0.25, 0.3) is 5.91 Å². The minimum atomic E-state index is -0.501. The highest BCUT2D eigenvalue weighted by Gasteiger charge is 2.39. The number of furan rings is 1. The van der Waals surface area contributed by atoms with Gasteiger partial charge in [0, 0.05) is 44.7 Å². The SMILES string of the molecule is Cc1ccc2oc(C(=O)N3C[C@@H](O)[C@H](N4CCN(C)CC4)C3)cc2c1. The van der Waals surface area contributed by atoms with Crippen LogP contribution in [0.3, 0.4) is 0 Å². The number of β-amino-alcohol motifs (C(OH)–C–C–N with tert-alkyl or cyclic N) is 1. The summed E-state index contributed by atoms with van der Waals surface area (Å²) in [4.78, 5) is 19.1. The van der Waals surface area contributed by atoms with Crippen LogP contribution in [0.25, 0.3) is 11.0 Å². The molecule has 2 aliphatic rings. The predicted octanol–water partition coefficient (Wildman–Crippen LogP) is 1.17. The van der Waals surface area contributed by atoms with Gasteiger partial charge in [-0.05, 0) is 32.2 Å². The van der Waals surface area contributed by atoms with Crippen molar-refractivity contribution in [3.05, 3.63) is 35.6 Å². The molecule has 1 aromatic carbocycles. The number of hydrogen-bond donors (Lipinski definition) is 1. The molecule has 0 radical (unpaired) electrons. The Labute approximate surface area is 147 Å². The Kier molecular flexibility index (Phi) is 4.27. The van der Waals surface area contributed by atoms with Crippen LogP contribution in [0.1, 0.15) is 16.1 Å². The smallest absolute Gasteiger partial charge is 0.289 e. The number of hydrogen-bond acceptors (Lipinski definition) is 5. The topological polar surface area (TPSA) is 60.2 Å². The molecule has 6 nitrogen and oxygen atoms in total. The van der Waals surface area contributed by atoms with E-state index in [2.05, 4.69) is 16.8 Å². The van der Waals surface area contributed by atoms with Gasteiger partial charge >= 0.3 is 0 Å². The predicted molar refractivity (Wildman–Crippen MR) is 95.7 cm³/mol. The van der Waals surface area contributed by atoms with Gasteiger partial charge in [-0.3, -0.25) is 9.69 Å². The monoisotopic (exact) mass is 343 g/mol. The van der Waals surface area contributed by atoms with Crippen molar-refractivity contribution in [3.8, 4) is 0 Å². The summed E-state index contributed by atoms with van der Waals surface area (Å²) in [6, 6.07) is 7.71. The molecule has 3 heterocycles. The summed E-state index contributed by atoms with van der Waals surface area (Å²) >= 11 is 0. The Morgan fingerprint density at radius 1 is 1.16 bits per heavy atom. The van der Waals surface area contributed by atoms with E-state index in [0.29, 0.717) is 18.8 Å². The van der Waals surface area contributed by atoms with Gasteiger partial charge < -0.3 is 19.3 Å². The van der Waals surface area contributed by atoms with Crippen molar-refractivity contribution in [1.29, 1.82) is 0 Å². The molecule has 6 heteroatoms. The summed E-state index contributed by atoms with van der Waals surface area (Å²) in [5, 5.41) is 11.4. The number of benzene rings is 1. The number of aliphatic hydroxyl groups is 1. The van der Waals surface area contributed by atoms with E-state index in [0.717, 1.165) is 42.7 Å². The highest BCUT2D eigenvalue weighted by atomic mass is 16.3. The van der Waals surface area contributed by atoms with E-state index in [1.807, 2.05) is 25.1 Å². The molecule has 0 bridgehead atoms. The maximum absolute atomic E-state index is 12.8. The molecule has 0 aliphatic carbocycles. The van der Waals surface area contributed by atoms with Crippen LogP contribution in [0.2, 0.25) is 0 Å². The Morgan fingerprint density at radius 2 is 1.92 bits per heavy atom. The number of likely N-dealkylation sites (tertiary alicyclic amines) is 1. The standard InChI is InChI=1S/C19H25N3O3/c1-13-3-4-17-14(9-13)10-18(25-17)19(24)22-11-15(16(23)12-22)21-7-5-20(2)6-8-21/h3-4,9-10,15-16,23H,5-8,11-12H2,1-2H3/t15-,16-/m1/s1. The fourth-order valence-electron chi connectivity index (χ4n) is 3.87. The minimum absolute atomic E-state index is 0.0178. The molecule has 2 saturated heterocycles. The lowest BCUT2D eigenvalue weighted by molar-refractivity contribution is 0.0512. The molecule has 2 aromatic rings. The minimum Gasteiger partial charge on any atom is -0.451 e. The molecule has 1 aromatic heterocycles. The molecular formula is C19H25N3O3. The van der Waals surface area contributed by atoms with Crippen molar-refractivity contribution in [2.75, 3.05) is 46.3 Å². The lowest BCUT2D eigenvalue weighted by atomic mass is 10.1. The molecule has 0 saturated carbocycles. The van der Waals surface area contributed by atoms with Crippen molar-refractivity contribution < 1.29 is 14.3 Å². The Balaban J connectivity index is 1.48. The number of carbonyl (C=O) groups excluding carboxylic acids is 1. The first-order chi connectivity index (χ1) is 12.0. The van der Waals surface area contributed by atoms with Crippen molar-refractivity contribution in [3.63, 3.8) is 0 Å². The zero-order chi connectivity index (χ0) is 17.6. The molecule has 4 rings (SSSR count). The quantitative estimate of drug-likeness (QED) is 0.887. The van der Waals surface area contributed by atoms with Gasteiger partial charge in [-0.2, -0.15) is 0 Å². The first-order valence-electron chi connectivity index (χ1n) is 8.91. The summed E-state index contributed by atoms with van der Waals surface area (Å²) in [7, 11) is 2.11. The summed E-state index contributed by atoms with van der Waals surface area (Å²) in [6.07, 6.45) is -0.501. The van der Waals surface area contributed by atoms with E-state index < -0.39 is 6.10 Å². The first-order valence-corrected chi connectivity index (χ1v) is 8.91. The largest absolute Gasteiger partial charge is 0.451 e. The Morgan fingerprint density at radius 3 is 2.68 bits per heavy atom. The van der Waals surface area contributed by atoms with Crippen LogP contribution in [0.15, 0.2) is 28.7 Å². The second kappa shape index (κ2) is 6.44. The number of amides is 1. The molecule has 0 spiro atoms. The van der Waals surface area contributed by atoms with Crippen molar-refractivity contribution in [1.82, 2.24) is 14.7 Å². The van der Waals surface area contributed by atoms with Crippen LogP contribution >= 0.6 is 0 Å². The highest BCUT2D eigenvalue weighted by Crippen LogP contribution is 2.24. The number of fused-ring (bicyclic) bond motifs is 1. The van der Waals surface area contributed by atoms with Crippen molar-refractivity contribution >= 4 is 16.9 Å². The number of aliphatic hydroxyl groups excluding tert-OH is 1.